The summed E-state index contributed by atoms with van der Waals surface area (Å²) in [4.78, 5) is 32.7. The molecule has 6 nitrogen and oxygen atoms in total. The Morgan fingerprint density at radius 2 is 2.20 bits per heavy atom. The molecule has 0 atom stereocenters. The predicted octanol–water partition coefficient (Wildman–Crippen LogP) is 2.63. The van der Waals surface area contributed by atoms with Crippen LogP contribution in [0.4, 0.5) is 5.69 Å². The second-order valence-corrected chi connectivity index (χ2v) is 6.50. The van der Waals surface area contributed by atoms with E-state index >= 15 is 0 Å². The molecule has 0 saturated heterocycles. The van der Waals surface area contributed by atoms with Crippen molar-refractivity contribution in [1.29, 1.82) is 0 Å². The molecule has 7 heteroatoms. The van der Waals surface area contributed by atoms with Crippen molar-refractivity contribution in [3.63, 3.8) is 0 Å². The van der Waals surface area contributed by atoms with Gasteiger partial charge in [-0.15, -0.1) is 11.3 Å². The first-order valence-corrected chi connectivity index (χ1v) is 8.64. The number of amides is 2. The number of nitrogens with one attached hydrogen (secondary N) is 2. The first-order valence-electron chi connectivity index (χ1n) is 7.76. The van der Waals surface area contributed by atoms with Gasteiger partial charge in [-0.1, -0.05) is 12.1 Å². The summed E-state index contributed by atoms with van der Waals surface area (Å²) in [5.41, 5.74) is 3.67. The summed E-state index contributed by atoms with van der Waals surface area (Å²) in [7, 11) is 0. The van der Waals surface area contributed by atoms with E-state index in [-0.39, 0.29) is 18.2 Å². The van der Waals surface area contributed by atoms with Crippen LogP contribution in [0, 0.1) is 0 Å². The van der Waals surface area contributed by atoms with Crippen LogP contribution < -0.4 is 10.6 Å². The average molecular weight is 350 g/mol. The highest BCUT2D eigenvalue weighted by molar-refractivity contribution is 7.13. The van der Waals surface area contributed by atoms with Crippen LogP contribution in [-0.4, -0.2) is 21.8 Å². The molecule has 4 rings (SSSR count). The normalized spacial score (nSPS) is 12.6. The molecule has 2 aromatic heterocycles. The quantitative estimate of drug-likeness (QED) is 0.758. The van der Waals surface area contributed by atoms with Crippen molar-refractivity contribution < 1.29 is 9.59 Å². The van der Waals surface area contributed by atoms with E-state index in [0.717, 1.165) is 16.3 Å². The van der Waals surface area contributed by atoms with E-state index in [1.54, 1.807) is 18.3 Å². The Balaban J connectivity index is 1.44. The fourth-order valence-electron chi connectivity index (χ4n) is 2.66. The van der Waals surface area contributed by atoms with Crippen LogP contribution in [0.25, 0.3) is 10.7 Å². The fraction of sp³-hybridized carbons (Fsp3) is 0.111. The highest BCUT2D eigenvalue weighted by Crippen LogP contribution is 2.23. The molecule has 0 saturated carbocycles. The molecular formula is C18H14N4O2S. The maximum atomic E-state index is 12.2. The van der Waals surface area contributed by atoms with Gasteiger partial charge in [-0.2, -0.15) is 0 Å². The first kappa shape index (κ1) is 15.5. The maximum Gasteiger partial charge on any atom is 0.251 e. The Hall–Kier alpha value is -3.06. The van der Waals surface area contributed by atoms with Crippen molar-refractivity contribution in [1.82, 2.24) is 15.3 Å². The van der Waals surface area contributed by atoms with E-state index in [4.69, 9.17) is 0 Å². The molecule has 1 aliphatic heterocycles. The molecule has 1 aliphatic rings. The lowest BCUT2D eigenvalue weighted by Crippen LogP contribution is -2.15. The van der Waals surface area contributed by atoms with E-state index in [0.29, 0.717) is 23.5 Å². The van der Waals surface area contributed by atoms with Gasteiger partial charge in [0.05, 0.1) is 17.8 Å². The number of anilines is 1. The number of pyridine rings is 1. The summed E-state index contributed by atoms with van der Waals surface area (Å²) in [6, 6.07) is 11.0. The number of thiazole rings is 1. The van der Waals surface area contributed by atoms with Crippen molar-refractivity contribution in [3.8, 4) is 10.7 Å². The highest BCUT2D eigenvalue weighted by Gasteiger charge is 2.19. The van der Waals surface area contributed by atoms with E-state index in [1.807, 2.05) is 29.6 Å². The van der Waals surface area contributed by atoms with Crippen LogP contribution >= 0.6 is 11.3 Å². The minimum Gasteiger partial charge on any atom is -0.348 e. The molecule has 2 N–H and O–H groups in total. The lowest BCUT2D eigenvalue weighted by atomic mass is 10.1. The predicted molar refractivity (Wildman–Crippen MR) is 95.3 cm³/mol. The number of nitrogens with zero attached hydrogens (tertiary/aromatic N) is 2. The molecular weight excluding hydrogens is 336 g/mol. The Bertz CT molecular complexity index is 953. The molecule has 0 fully saturated rings. The Morgan fingerprint density at radius 3 is 3.04 bits per heavy atom. The van der Waals surface area contributed by atoms with Crippen molar-refractivity contribution in [2.45, 2.75) is 13.0 Å². The topological polar surface area (TPSA) is 84.0 Å². The lowest BCUT2D eigenvalue weighted by molar-refractivity contribution is -0.115. The molecule has 2 amide bonds. The zero-order valence-corrected chi connectivity index (χ0v) is 14.0. The third kappa shape index (κ3) is 3.27. The lowest BCUT2D eigenvalue weighted by Gasteiger charge is -2.05. The van der Waals surface area contributed by atoms with Gasteiger partial charge in [0.2, 0.25) is 5.91 Å². The van der Waals surface area contributed by atoms with Crippen molar-refractivity contribution in [2.24, 2.45) is 0 Å². The number of rotatable bonds is 4. The monoisotopic (exact) mass is 350 g/mol. The van der Waals surface area contributed by atoms with E-state index in [1.165, 1.54) is 11.3 Å². The Labute approximate surface area is 148 Å². The van der Waals surface area contributed by atoms with Gasteiger partial charge in [0, 0.05) is 29.4 Å². The Kier molecular flexibility index (Phi) is 3.99. The number of fused-ring (bicyclic) bond motifs is 1. The van der Waals surface area contributed by atoms with E-state index < -0.39 is 0 Å². The second kappa shape index (κ2) is 6.45. The zero-order valence-electron chi connectivity index (χ0n) is 13.2. The SMILES string of the molecule is O=C(Cc1csc(-c2ccccn2)n1)Nc1ccc2c(c1)C(=O)NC2. The molecule has 0 aliphatic carbocycles. The van der Waals surface area contributed by atoms with Crippen LogP contribution in [-0.2, 0) is 17.8 Å². The highest BCUT2D eigenvalue weighted by atomic mass is 32.1. The minimum absolute atomic E-state index is 0.106. The number of hydrogen-bond donors (Lipinski definition) is 2. The van der Waals surface area contributed by atoms with Gasteiger partial charge in [-0.05, 0) is 29.8 Å². The van der Waals surface area contributed by atoms with E-state index in [2.05, 4.69) is 20.6 Å². The third-order valence-corrected chi connectivity index (χ3v) is 4.77. The summed E-state index contributed by atoms with van der Waals surface area (Å²) in [5.74, 6) is -0.276. The molecule has 1 aromatic carbocycles. The molecule has 0 bridgehead atoms. The molecule has 0 spiro atoms. The zero-order chi connectivity index (χ0) is 17.2. The molecule has 25 heavy (non-hydrogen) atoms. The second-order valence-electron chi connectivity index (χ2n) is 5.64. The molecule has 3 heterocycles. The summed E-state index contributed by atoms with van der Waals surface area (Å²) in [5, 5.41) is 8.23. The first-order chi connectivity index (χ1) is 12.2. The third-order valence-electron chi connectivity index (χ3n) is 3.86. The van der Waals surface area contributed by atoms with Gasteiger partial charge in [-0.3, -0.25) is 14.6 Å². The van der Waals surface area contributed by atoms with Gasteiger partial charge in [-0.25, -0.2) is 4.98 Å². The van der Waals surface area contributed by atoms with Gasteiger partial charge in [0.15, 0.2) is 0 Å². The smallest absolute Gasteiger partial charge is 0.251 e. The summed E-state index contributed by atoms with van der Waals surface area (Å²) in [6.45, 7) is 0.539. The van der Waals surface area contributed by atoms with Gasteiger partial charge < -0.3 is 10.6 Å². The summed E-state index contributed by atoms with van der Waals surface area (Å²) >= 11 is 1.46. The van der Waals surface area contributed by atoms with Crippen LogP contribution in [0.2, 0.25) is 0 Å². The van der Waals surface area contributed by atoms with E-state index in [9.17, 15) is 9.59 Å². The van der Waals surface area contributed by atoms with Gasteiger partial charge in [0.25, 0.3) is 5.91 Å². The maximum absolute atomic E-state index is 12.2. The van der Waals surface area contributed by atoms with Crippen molar-refractivity contribution in [3.05, 3.63) is 64.8 Å². The molecule has 0 radical (unpaired) electrons. The number of carbonyl (C=O) groups is 2. The molecule has 124 valence electrons. The Morgan fingerprint density at radius 1 is 1.28 bits per heavy atom. The average Bonchev–Trinajstić information content (AvgIpc) is 3.23. The standard InChI is InChI=1S/C18H14N4O2S/c23-16(21-12-5-4-11-9-20-17(24)14(11)7-12)8-13-10-25-18(22-13)15-3-1-2-6-19-15/h1-7,10H,8-9H2,(H,20,24)(H,21,23). The van der Waals surface area contributed by atoms with Gasteiger partial charge >= 0.3 is 0 Å². The number of hydrogen-bond acceptors (Lipinski definition) is 5. The number of benzene rings is 1. The molecule has 3 aromatic rings. The summed E-state index contributed by atoms with van der Waals surface area (Å²) in [6.07, 6.45) is 1.89. The fourth-order valence-corrected chi connectivity index (χ4v) is 3.45. The molecule has 0 unspecified atom stereocenters. The van der Waals surface area contributed by atoms with Crippen molar-refractivity contribution >= 4 is 28.8 Å². The number of carbonyl (C=O) groups excluding carboxylic acids is 2. The minimum atomic E-state index is -0.170. The largest absolute Gasteiger partial charge is 0.348 e. The summed E-state index contributed by atoms with van der Waals surface area (Å²) < 4.78 is 0. The van der Waals surface area contributed by atoms with Gasteiger partial charge in [0.1, 0.15) is 5.01 Å². The van der Waals surface area contributed by atoms with Crippen LogP contribution in [0.15, 0.2) is 48.0 Å². The van der Waals surface area contributed by atoms with Crippen LogP contribution in [0.1, 0.15) is 21.6 Å². The van der Waals surface area contributed by atoms with Crippen LogP contribution in [0.3, 0.4) is 0 Å². The number of aromatic nitrogens is 2. The van der Waals surface area contributed by atoms with Crippen LogP contribution in [0.5, 0.6) is 0 Å². The van der Waals surface area contributed by atoms with Crippen molar-refractivity contribution in [2.75, 3.05) is 5.32 Å².